The number of fused-ring (bicyclic) bond motifs is 1. The lowest BCUT2D eigenvalue weighted by molar-refractivity contribution is 0.0948. The minimum Gasteiger partial charge on any atom is -0.351 e. The van der Waals surface area contributed by atoms with Gasteiger partial charge in [0.1, 0.15) is 0 Å². The summed E-state index contributed by atoms with van der Waals surface area (Å²) in [5, 5.41) is 14.8. The van der Waals surface area contributed by atoms with E-state index in [9.17, 15) is 4.79 Å². The van der Waals surface area contributed by atoms with E-state index < -0.39 is 0 Å². The molecule has 0 unspecified atom stereocenters. The summed E-state index contributed by atoms with van der Waals surface area (Å²) < 4.78 is 1.63. The number of amides is 1. The summed E-state index contributed by atoms with van der Waals surface area (Å²) in [6, 6.07) is 1.82. The van der Waals surface area contributed by atoms with E-state index in [2.05, 4.69) is 20.6 Å². The normalized spacial score (nSPS) is 10.7. The Labute approximate surface area is 92.7 Å². The number of rotatable bonds is 2. The first-order chi connectivity index (χ1) is 7.63. The van der Waals surface area contributed by atoms with Crippen LogP contribution < -0.4 is 5.32 Å². The van der Waals surface area contributed by atoms with E-state index in [4.69, 9.17) is 0 Å². The molecule has 2 heterocycles. The number of aromatic nitrogens is 4. The van der Waals surface area contributed by atoms with Crippen molar-refractivity contribution in [1.29, 1.82) is 0 Å². The molecule has 1 amide bonds. The van der Waals surface area contributed by atoms with Crippen LogP contribution >= 0.6 is 0 Å². The summed E-state index contributed by atoms with van der Waals surface area (Å²) in [5.41, 5.74) is 2.52. The average molecular weight is 219 g/mol. The molecule has 0 fully saturated rings. The second-order valence-corrected chi connectivity index (χ2v) is 3.55. The first kappa shape index (κ1) is 10.5. The average Bonchev–Trinajstić information content (AvgIpc) is 2.60. The summed E-state index contributed by atoms with van der Waals surface area (Å²) in [6.07, 6.45) is 0. The van der Waals surface area contributed by atoms with Crippen molar-refractivity contribution >= 4 is 11.6 Å². The Morgan fingerprint density at radius 2 is 2.19 bits per heavy atom. The molecule has 0 aromatic carbocycles. The van der Waals surface area contributed by atoms with Gasteiger partial charge in [0, 0.05) is 12.6 Å². The molecule has 16 heavy (non-hydrogen) atoms. The topological polar surface area (TPSA) is 72.2 Å². The number of aryl methyl sites for hydroxylation is 2. The van der Waals surface area contributed by atoms with Gasteiger partial charge in [-0.3, -0.25) is 4.79 Å². The molecular formula is C10H13N5O. The summed E-state index contributed by atoms with van der Waals surface area (Å²) in [4.78, 5) is 11.7. The molecule has 0 saturated heterocycles. The van der Waals surface area contributed by atoms with Crippen LogP contribution in [-0.2, 0) is 0 Å². The molecule has 0 aliphatic carbocycles. The summed E-state index contributed by atoms with van der Waals surface area (Å²) in [7, 11) is 0. The Morgan fingerprint density at radius 1 is 1.44 bits per heavy atom. The first-order valence-electron chi connectivity index (χ1n) is 5.11. The third kappa shape index (κ3) is 1.62. The van der Waals surface area contributed by atoms with E-state index in [1.54, 1.807) is 11.4 Å². The fourth-order valence-electron chi connectivity index (χ4n) is 1.53. The second-order valence-electron chi connectivity index (χ2n) is 3.55. The van der Waals surface area contributed by atoms with E-state index in [-0.39, 0.29) is 5.91 Å². The molecule has 6 nitrogen and oxygen atoms in total. The van der Waals surface area contributed by atoms with Crippen molar-refractivity contribution in [1.82, 2.24) is 25.1 Å². The zero-order valence-electron chi connectivity index (χ0n) is 9.48. The lowest BCUT2D eigenvalue weighted by atomic mass is 10.3. The van der Waals surface area contributed by atoms with Crippen LogP contribution in [0.15, 0.2) is 6.07 Å². The van der Waals surface area contributed by atoms with Gasteiger partial charge >= 0.3 is 0 Å². The van der Waals surface area contributed by atoms with Crippen LogP contribution in [0.4, 0.5) is 0 Å². The van der Waals surface area contributed by atoms with Crippen LogP contribution in [0.25, 0.3) is 5.65 Å². The Hall–Kier alpha value is -1.98. The van der Waals surface area contributed by atoms with Crippen molar-refractivity contribution < 1.29 is 4.79 Å². The van der Waals surface area contributed by atoms with Crippen molar-refractivity contribution in [3.8, 4) is 0 Å². The zero-order chi connectivity index (χ0) is 11.7. The summed E-state index contributed by atoms with van der Waals surface area (Å²) in [5.74, 6) is -0.220. The molecule has 0 saturated carbocycles. The van der Waals surface area contributed by atoms with Gasteiger partial charge in [0.25, 0.3) is 5.91 Å². The van der Waals surface area contributed by atoms with Crippen molar-refractivity contribution in [3.63, 3.8) is 0 Å². The van der Waals surface area contributed by atoms with Crippen molar-refractivity contribution in [3.05, 3.63) is 23.1 Å². The highest BCUT2D eigenvalue weighted by Gasteiger charge is 2.14. The monoisotopic (exact) mass is 219 g/mol. The lowest BCUT2D eigenvalue weighted by Gasteiger charge is -2.04. The van der Waals surface area contributed by atoms with Crippen LogP contribution in [0.3, 0.4) is 0 Å². The van der Waals surface area contributed by atoms with Crippen LogP contribution in [0.1, 0.15) is 28.8 Å². The number of nitrogens with zero attached hydrogens (tertiary/aromatic N) is 4. The molecular weight excluding hydrogens is 206 g/mol. The van der Waals surface area contributed by atoms with Gasteiger partial charge in [0.2, 0.25) is 0 Å². The predicted octanol–water partition coefficient (Wildman–Crippen LogP) is 0.491. The summed E-state index contributed by atoms with van der Waals surface area (Å²) >= 11 is 0. The molecule has 6 heteroatoms. The predicted molar refractivity (Wildman–Crippen MR) is 58.3 cm³/mol. The molecule has 0 radical (unpaired) electrons. The Kier molecular flexibility index (Phi) is 2.55. The van der Waals surface area contributed by atoms with Crippen molar-refractivity contribution in [2.24, 2.45) is 0 Å². The van der Waals surface area contributed by atoms with Gasteiger partial charge in [-0.1, -0.05) is 0 Å². The highest BCUT2D eigenvalue weighted by molar-refractivity contribution is 5.93. The highest BCUT2D eigenvalue weighted by Crippen LogP contribution is 2.08. The molecule has 2 aromatic heterocycles. The first-order valence-corrected chi connectivity index (χ1v) is 5.11. The van der Waals surface area contributed by atoms with Gasteiger partial charge < -0.3 is 5.32 Å². The maximum absolute atomic E-state index is 11.7. The number of hydrogen-bond donors (Lipinski definition) is 1. The maximum atomic E-state index is 11.7. The van der Waals surface area contributed by atoms with Crippen LogP contribution in [0.2, 0.25) is 0 Å². The number of carbonyl (C=O) groups is 1. The smallest absolute Gasteiger partial charge is 0.273 e. The highest BCUT2D eigenvalue weighted by atomic mass is 16.1. The summed E-state index contributed by atoms with van der Waals surface area (Å²) in [6.45, 7) is 6.10. The van der Waals surface area contributed by atoms with E-state index in [0.717, 1.165) is 5.69 Å². The third-order valence-corrected chi connectivity index (χ3v) is 2.28. The standard InChI is InChI=1S/C10H13N5O/c1-4-11-10(16)9-7(3)15-8(12-13-9)5-6(2)14-15/h5H,4H2,1-3H3,(H,11,16). The molecule has 0 bridgehead atoms. The van der Waals surface area contributed by atoms with Crippen molar-refractivity contribution in [2.45, 2.75) is 20.8 Å². The van der Waals surface area contributed by atoms with Crippen LogP contribution in [-0.4, -0.2) is 32.3 Å². The molecule has 1 N–H and O–H groups in total. The zero-order valence-corrected chi connectivity index (χ0v) is 9.48. The quantitative estimate of drug-likeness (QED) is 0.797. The minimum absolute atomic E-state index is 0.220. The maximum Gasteiger partial charge on any atom is 0.273 e. The fourth-order valence-corrected chi connectivity index (χ4v) is 1.53. The second kappa shape index (κ2) is 3.88. The van der Waals surface area contributed by atoms with Gasteiger partial charge in [-0.15, -0.1) is 10.2 Å². The van der Waals surface area contributed by atoms with Crippen molar-refractivity contribution in [2.75, 3.05) is 6.54 Å². The molecule has 0 spiro atoms. The van der Waals surface area contributed by atoms with E-state index in [1.807, 2.05) is 19.9 Å². The number of carbonyl (C=O) groups excluding carboxylic acids is 1. The van der Waals surface area contributed by atoms with Crippen LogP contribution in [0.5, 0.6) is 0 Å². The molecule has 2 rings (SSSR count). The van der Waals surface area contributed by atoms with E-state index in [1.165, 1.54) is 0 Å². The van der Waals surface area contributed by atoms with Crippen LogP contribution in [0, 0.1) is 13.8 Å². The molecule has 0 atom stereocenters. The molecule has 84 valence electrons. The Bertz CT molecular complexity index is 545. The van der Waals surface area contributed by atoms with Gasteiger partial charge in [0.15, 0.2) is 11.3 Å². The van der Waals surface area contributed by atoms with E-state index in [0.29, 0.717) is 23.6 Å². The SMILES string of the molecule is CCNC(=O)c1nnc2cc(C)nn2c1C. The largest absolute Gasteiger partial charge is 0.351 e. The van der Waals surface area contributed by atoms with Gasteiger partial charge in [-0.2, -0.15) is 5.10 Å². The third-order valence-electron chi connectivity index (χ3n) is 2.28. The Balaban J connectivity index is 2.55. The lowest BCUT2D eigenvalue weighted by Crippen LogP contribution is -2.26. The molecule has 0 aliphatic heterocycles. The number of hydrogen-bond acceptors (Lipinski definition) is 4. The number of nitrogens with one attached hydrogen (secondary N) is 1. The fraction of sp³-hybridized carbons (Fsp3) is 0.400. The molecule has 2 aromatic rings. The Morgan fingerprint density at radius 3 is 2.88 bits per heavy atom. The molecule has 0 aliphatic rings. The van der Waals surface area contributed by atoms with Gasteiger partial charge in [0.05, 0.1) is 11.4 Å². The van der Waals surface area contributed by atoms with E-state index >= 15 is 0 Å². The van der Waals surface area contributed by atoms with Gasteiger partial charge in [-0.25, -0.2) is 4.52 Å². The minimum atomic E-state index is -0.220. The van der Waals surface area contributed by atoms with Gasteiger partial charge in [-0.05, 0) is 20.8 Å².